The second kappa shape index (κ2) is 7.54. The molecule has 0 radical (unpaired) electrons. The number of allylic oxidation sites excluding steroid dienone is 5. The van der Waals surface area contributed by atoms with Crippen LogP contribution in [0.15, 0.2) is 52.3 Å². The van der Waals surface area contributed by atoms with E-state index in [4.69, 9.17) is 0 Å². The summed E-state index contributed by atoms with van der Waals surface area (Å²) in [5.74, 6) is -0.334. The van der Waals surface area contributed by atoms with Crippen LogP contribution in [0.4, 0.5) is 4.39 Å². The monoisotopic (exact) mass is 314 g/mol. The zero-order valence-corrected chi connectivity index (χ0v) is 13.2. The van der Waals surface area contributed by atoms with Crippen LogP contribution >= 0.6 is 0 Å². The van der Waals surface area contributed by atoms with Gasteiger partial charge in [0.25, 0.3) is 0 Å². The molecule has 0 amide bonds. The summed E-state index contributed by atoms with van der Waals surface area (Å²) in [6, 6.07) is 5.72. The Morgan fingerprint density at radius 2 is 2.26 bits per heavy atom. The van der Waals surface area contributed by atoms with Crippen molar-refractivity contribution in [2.24, 2.45) is 0 Å². The van der Waals surface area contributed by atoms with E-state index in [0.29, 0.717) is 17.0 Å². The highest BCUT2D eigenvalue weighted by Gasteiger charge is 2.13. The molecule has 0 saturated carbocycles. The lowest BCUT2D eigenvalue weighted by Gasteiger charge is -2.12. The van der Waals surface area contributed by atoms with E-state index < -0.39 is 12.4 Å². The first-order chi connectivity index (χ1) is 11.1. The molecule has 1 heterocycles. The molecule has 4 nitrogen and oxygen atoms in total. The standard InChI is InChI=1S/C18H19FN2O2/c1-4-6-7-16(17-20-18(22)23-21-17)12(3)15-9-8-13(5-2)10-14(15)11-19/h4,6-10H,1,5,11H2,2-3H3,(H,20,21,22)/b7-6-,16-12-. The normalized spacial score (nSPS) is 12.5. The van der Waals surface area contributed by atoms with Crippen LogP contribution < -0.4 is 5.76 Å². The van der Waals surface area contributed by atoms with Gasteiger partial charge in [-0.15, -0.1) is 0 Å². The van der Waals surface area contributed by atoms with Gasteiger partial charge in [-0.1, -0.05) is 55.1 Å². The maximum atomic E-state index is 13.4. The molecule has 5 heteroatoms. The summed E-state index contributed by atoms with van der Waals surface area (Å²) in [6.07, 6.45) is 5.94. The highest BCUT2D eigenvalue weighted by atomic mass is 19.1. The van der Waals surface area contributed by atoms with Crippen molar-refractivity contribution < 1.29 is 8.91 Å². The summed E-state index contributed by atoms with van der Waals surface area (Å²) in [5.41, 5.74) is 3.90. The average Bonchev–Trinajstić information content (AvgIpc) is 3.00. The predicted octanol–water partition coefficient (Wildman–Crippen LogP) is 4.07. The minimum absolute atomic E-state index is 0.301. The number of nitrogens with one attached hydrogen (secondary N) is 1. The Labute approximate surface area is 134 Å². The van der Waals surface area contributed by atoms with Crippen molar-refractivity contribution >= 4 is 11.1 Å². The van der Waals surface area contributed by atoms with Crippen LogP contribution in [0, 0.1) is 0 Å². The van der Waals surface area contributed by atoms with Crippen LogP contribution in [-0.2, 0) is 13.1 Å². The maximum Gasteiger partial charge on any atom is 0.439 e. The van der Waals surface area contributed by atoms with Gasteiger partial charge < -0.3 is 0 Å². The van der Waals surface area contributed by atoms with E-state index in [9.17, 15) is 9.18 Å². The molecule has 1 aromatic heterocycles. The molecule has 0 spiro atoms. The second-order valence-corrected chi connectivity index (χ2v) is 5.06. The van der Waals surface area contributed by atoms with E-state index in [1.807, 2.05) is 32.0 Å². The molecular formula is C18H19FN2O2. The Morgan fingerprint density at radius 3 is 2.83 bits per heavy atom. The van der Waals surface area contributed by atoms with E-state index in [2.05, 4.69) is 21.2 Å². The number of aromatic amines is 1. The molecule has 2 rings (SSSR count). The number of halogens is 1. The topological polar surface area (TPSA) is 58.9 Å². The molecule has 0 fully saturated rings. The van der Waals surface area contributed by atoms with Gasteiger partial charge in [-0.2, -0.15) is 0 Å². The van der Waals surface area contributed by atoms with Crippen molar-refractivity contribution in [3.63, 3.8) is 0 Å². The van der Waals surface area contributed by atoms with Crippen molar-refractivity contribution in [2.45, 2.75) is 26.9 Å². The number of aryl methyl sites for hydroxylation is 1. The third-order valence-electron chi connectivity index (χ3n) is 3.62. The highest BCUT2D eigenvalue weighted by molar-refractivity contribution is 5.93. The van der Waals surface area contributed by atoms with Crippen molar-refractivity contribution in [3.8, 4) is 0 Å². The first kappa shape index (κ1) is 16.7. The molecule has 2 aromatic rings. The molecule has 0 saturated heterocycles. The summed E-state index contributed by atoms with van der Waals surface area (Å²) in [6.45, 7) is 6.96. The van der Waals surface area contributed by atoms with Gasteiger partial charge >= 0.3 is 5.76 Å². The van der Waals surface area contributed by atoms with Gasteiger partial charge in [0.2, 0.25) is 0 Å². The second-order valence-electron chi connectivity index (χ2n) is 5.06. The number of hydrogen-bond acceptors (Lipinski definition) is 3. The van der Waals surface area contributed by atoms with E-state index in [0.717, 1.165) is 23.1 Å². The molecule has 120 valence electrons. The molecule has 0 aliphatic rings. The van der Waals surface area contributed by atoms with Crippen LogP contribution in [0.25, 0.3) is 11.1 Å². The van der Waals surface area contributed by atoms with Crippen molar-refractivity contribution in [2.75, 3.05) is 0 Å². The number of H-pyrrole nitrogens is 1. The van der Waals surface area contributed by atoms with Crippen LogP contribution in [-0.4, -0.2) is 10.1 Å². The highest BCUT2D eigenvalue weighted by Crippen LogP contribution is 2.28. The fourth-order valence-electron chi connectivity index (χ4n) is 2.38. The van der Waals surface area contributed by atoms with Crippen LogP contribution in [0.1, 0.15) is 36.4 Å². The summed E-state index contributed by atoms with van der Waals surface area (Å²) < 4.78 is 18.0. The SMILES string of the molecule is C=C/C=C\C(=C(/C)c1ccc(CC)cc1CF)c1noc(=O)[nH]1. The lowest BCUT2D eigenvalue weighted by atomic mass is 9.94. The van der Waals surface area contributed by atoms with Gasteiger partial charge in [0.1, 0.15) is 6.67 Å². The molecule has 1 aromatic carbocycles. The molecule has 1 N–H and O–H groups in total. The Balaban J connectivity index is 2.64. The first-order valence-electron chi connectivity index (χ1n) is 7.35. The Kier molecular flexibility index (Phi) is 5.46. The number of aromatic nitrogens is 2. The van der Waals surface area contributed by atoms with Gasteiger partial charge in [-0.25, -0.2) is 9.18 Å². The third-order valence-corrected chi connectivity index (χ3v) is 3.62. The van der Waals surface area contributed by atoms with Crippen molar-refractivity contribution in [3.05, 3.63) is 76.1 Å². The average molecular weight is 314 g/mol. The molecule has 0 aliphatic carbocycles. The Morgan fingerprint density at radius 1 is 1.48 bits per heavy atom. The van der Waals surface area contributed by atoms with Gasteiger partial charge in [-0.05, 0) is 35.6 Å². The summed E-state index contributed by atoms with van der Waals surface area (Å²) in [7, 11) is 0. The van der Waals surface area contributed by atoms with E-state index in [-0.39, 0.29) is 0 Å². The fourth-order valence-corrected chi connectivity index (χ4v) is 2.38. The lowest BCUT2D eigenvalue weighted by Crippen LogP contribution is -1.99. The minimum atomic E-state index is -0.635. The Hall–Kier alpha value is -2.69. The quantitative estimate of drug-likeness (QED) is 0.818. The zero-order valence-electron chi connectivity index (χ0n) is 13.2. The van der Waals surface area contributed by atoms with E-state index in [1.54, 1.807) is 18.2 Å². The number of benzene rings is 1. The maximum absolute atomic E-state index is 13.4. The van der Waals surface area contributed by atoms with Gasteiger partial charge in [-0.3, -0.25) is 9.51 Å². The molecule has 0 bridgehead atoms. The molecular weight excluding hydrogens is 295 g/mol. The molecule has 0 unspecified atom stereocenters. The number of nitrogens with zero attached hydrogens (tertiary/aromatic N) is 1. The van der Waals surface area contributed by atoms with Gasteiger partial charge in [0.15, 0.2) is 5.82 Å². The molecule has 23 heavy (non-hydrogen) atoms. The Bertz CT molecular complexity index is 812. The largest absolute Gasteiger partial charge is 0.439 e. The molecule has 0 atom stereocenters. The third kappa shape index (κ3) is 3.74. The van der Waals surface area contributed by atoms with E-state index >= 15 is 0 Å². The molecule has 0 aliphatic heterocycles. The van der Waals surface area contributed by atoms with E-state index in [1.165, 1.54) is 0 Å². The van der Waals surface area contributed by atoms with Gasteiger partial charge in [0, 0.05) is 5.57 Å². The van der Waals surface area contributed by atoms with Crippen molar-refractivity contribution in [1.29, 1.82) is 0 Å². The summed E-state index contributed by atoms with van der Waals surface area (Å²) in [5, 5.41) is 3.72. The number of rotatable bonds is 6. The zero-order chi connectivity index (χ0) is 16.8. The fraction of sp³-hybridized carbons (Fsp3) is 0.222. The number of alkyl halides is 1. The van der Waals surface area contributed by atoms with Crippen LogP contribution in [0.3, 0.4) is 0 Å². The summed E-state index contributed by atoms with van der Waals surface area (Å²) in [4.78, 5) is 13.7. The predicted molar refractivity (Wildman–Crippen MR) is 89.6 cm³/mol. The van der Waals surface area contributed by atoms with Gasteiger partial charge in [0.05, 0.1) is 0 Å². The van der Waals surface area contributed by atoms with Crippen molar-refractivity contribution in [1.82, 2.24) is 10.1 Å². The first-order valence-corrected chi connectivity index (χ1v) is 7.35. The van der Waals surface area contributed by atoms with Crippen LogP contribution in [0.5, 0.6) is 0 Å². The number of hydrogen-bond donors (Lipinski definition) is 1. The van der Waals surface area contributed by atoms with Crippen LogP contribution in [0.2, 0.25) is 0 Å². The minimum Gasteiger partial charge on any atom is -0.296 e. The lowest BCUT2D eigenvalue weighted by molar-refractivity contribution is 0.385. The smallest absolute Gasteiger partial charge is 0.296 e. The summed E-state index contributed by atoms with van der Waals surface area (Å²) >= 11 is 0.